The molecule has 2 aliphatic carbocycles. The summed E-state index contributed by atoms with van der Waals surface area (Å²) in [4.78, 5) is 4.73. The molecule has 0 aromatic carbocycles. The Balaban J connectivity index is 1.49. The quantitative estimate of drug-likeness (QED) is 0.838. The molecule has 0 N–H and O–H groups in total. The average Bonchev–Trinajstić information content (AvgIpc) is 2.78. The van der Waals surface area contributed by atoms with E-state index in [9.17, 15) is 8.42 Å². The van der Waals surface area contributed by atoms with E-state index in [-0.39, 0.29) is 5.92 Å². The predicted octanol–water partition coefficient (Wildman–Crippen LogP) is 2.70. The first-order chi connectivity index (χ1) is 8.55. The molecule has 2 heterocycles. The minimum Gasteiger partial charge on any atom is -0.246 e. The summed E-state index contributed by atoms with van der Waals surface area (Å²) in [5.41, 5.74) is 1.75. The van der Waals surface area contributed by atoms with E-state index in [1.165, 1.54) is 30.7 Å². The molecule has 2 saturated carbocycles. The SMILES string of the molecule is O=S1(=O)CCC(c2csc(C3CC4(CC4)C3)n2)C1. The van der Waals surface area contributed by atoms with Crippen molar-refractivity contribution in [3.05, 3.63) is 16.1 Å². The number of sulfone groups is 1. The Labute approximate surface area is 112 Å². The van der Waals surface area contributed by atoms with Crippen LogP contribution in [0, 0.1) is 5.41 Å². The third kappa shape index (κ3) is 1.83. The van der Waals surface area contributed by atoms with Gasteiger partial charge in [0.15, 0.2) is 9.84 Å². The fourth-order valence-electron chi connectivity index (χ4n) is 3.45. The maximum atomic E-state index is 11.5. The van der Waals surface area contributed by atoms with Crippen LogP contribution in [0.3, 0.4) is 0 Å². The number of rotatable bonds is 2. The summed E-state index contributed by atoms with van der Waals surface area (Å²) in [6.45, 7) is 0. The van der Waals surface area contributed by atoms with Crippen molar-refractivity contribution in [3.63, 3.8) is 0 Å². The Morgan fingerprint density at radius 2 is 2.06 bits per heavy atom. The van der Waals surface area contributed by atoms with E-state index >= 15 is 0 Å². The second kappa shape index (κ2) is 3.57. The van der Waals surface area contributed by atoms with E-state index in [0.717, 1.165) is 12.1 Å². The highest BCUT2D eigenvalue weighted by atomic mass is 32.2. The lowest BCUT2D eigenvalue weighted by Gasteiger charge is -2.34. The van der Waals surface area contributed by atoms with Gasteiger partial charge in [-0.05, 0) is 37.5 Å². The van der Waals surface area contributed by atoms with Crippen molar-refractivity contribution >= 4 is 21.2 Å². The molecule has 5 heteroatoms. The zero-order chi connectivity index (χ0) is 12.4. The van der Waals surface area contributed by atoms with Crippen LogP contribution in [0.1, 0.15) is 54.6 Å². The largest absolute Gasteiger partial charge is 0.246 e. The second-order valence-corrected chi connectivity index (χ2v) is 9.43. The molecule has 3 nitrogen and oxygen atoms in total. The van der Waals surface area contributed by atoms with Gasteiger partial charge in [0.1, 0.15) is 0 Å². The molecule has 1 unspecified atom stereocenters. The van der Waals surface area contributed by atoms with Crippen molar-refractivity contribution in [2.75, 3.05) is 11.5 Å². The lowest BCUT2D eigenvalue weighted by atomic mass is 9.72. The Hall–Kier alpha value is -0.420. The van der Waals surface area contributed by atoms with Crippen LogP contribution < -0.4 is 0 Å². The molecule has 4 rings (SSSR count). The number of aromatic nitrogens is 1. The summed E-state index contributed by atoms with van der Waals surface area (Å²) < 4.78 is 23.0. The van der Waals surface area contributed by atoms with Crippen LogP contribution in [0.25, 0.3) is 0 Å². The van der Waals surface area contributed by atoms with Crippen LogP contribution >= 0.6 is 11.3 Å². The van der Waals surface area contributed by atoms with E-state index < -0.39 is 9.84 Å². The van der Waals surface area contributed by atoms with Gasteiger partial charge in [0.05, 0.1) is 22.2 Å². The van der Waals surface area contributed by atoms with E-state index in [1.807, 2.05) is 0 Å². The van der Waals surface area contributed by atoms with Gasteiger partial charge in [0.2, 0.25) is 0 Å². The Bertz CT molecular complexity index is 578. The third-order valence-corrected chi connectivity index (χ3v) is 7.65. The van der Waals surface area contributed by atoms with Gasteiger partial charge in [-0.1, -0.05) is 0 Å². The number of thiazole rings is 1. The molecule has 1 aromatic heterocycles. The standard InChI is InChI=1S/C13H17NO2S2/c15-18(16)4-1-9(8-18)11-7-17-12(14-11)10-5-13(6-10)2-3-13/h7,9-10H,1-6,8H2. The molecule has 1 aliphatic heterocycles. The van der Waals surface area contributed by atoms with Crippen molar-refractivity contribution in [2.24, 2.45) is 5.41 Å². The van der Waals surface area contributed by atoms with Crippen LogP contribution in [0.15, 0.2) is 5.38 Å². The Morgan fingerprint density at radius 3 is 2.67 bits per heavy atom. The van der Waals surface area contributed by atoms with Crippen molar-refractivity contribution in [2.45, 2.75) is 43.9 Å². The molecule has 1 spiro atoms. The molecule has 18 heavy (non-hydrogen) atoms. The number of nitrogens with zero attached hydrogens (tertiary/aromatic N) is 1. The van der Waals surface area contributed by atoms with E-state index in [1.54, 1.807) is 11.3 Å². The van der Waals surface area contributed by atoms with Crippen LogP contribution in [0.5, 0.6) is 0 Å². The Kier molecular flexibility index (Phi) is 2.26. The van der Waals surface area contributed by atoms with Crippen molar-refractivity contribution in [3.8, 4) is 0 Å². The molecule has 0 radical (unpaired) electrons. The van der Waals surface area contributed by atoms with E-state index in [2.05, 4.69) is 5.38 Å². The van der Waals surface area contributed by atoms with Gasteiger partial charge in [-0.15, -0.1) is 11.3 Å². The lowest BCUT2D eigenvalue weighted by molar-refractivity contribution is 0.237. The van der Waals surface area contributed by atoms with E-state index in [4.69, 9.17) is 4.98 Å². The fourth-order valence-corrected chi connectivity index (χ4v) is 6.21. The van der Waals surface area contributed by atoms with Crippen LogP contribution in [0.4, 0.5) is 0 Å². The molecule has 3 fully saturated rings. The molecule has 0 bridgehead atoms. The summed E-state index contributed by atoms with van der Waals surface area (Å²) >= 11 is 1.74. The van der Waals surface area contributed by atoms with Crippen LogP contribution in [0.2, 0.25) is 0 Å². The summed E-state index contributed by atoms with van der Waals surface area (Å²) in [6, 6.07) is 0. The van der Waals surface area contributed by atoms with Crippen LogP contribution in [-0.2, 0) is 9.84 Å². The van der Waals surface area contributed by atoms with Gasteiger partial charge in [0, 0.05) is 17.2 Å². The summed E-state index contributed by atoms with van der Waals surface area (Å²) in [7, 11) is -2.79. The molecular weight excluding hydrogens is 266 g/mol. The monoisotopic (exact) mass is 283 g/mol. The summed E-state index contributed by atoms with van der Waals surface area (Å²) in [5, 5.41) is 3.35. The maximum absolute atomic E-state index is 11.5. The van der Waals surface area contributed by atoms with Gasteiger partial charge < -0.3 is 0 Å². The third-order valence-electron chi connectivity index (χ3n) is 4.86. The normalized spacial score (nSPS) is 32.6. The first-order valence-electron chi connectivity index (χ1n) is 6.71. The predicted molar refractivity (Wildman–Crippen MR) is 71.8 cm³/mol. The smallest absolute Gasteiger partial charge is 0.151 e. The molecule has 0 amide bonds. The minimum atomic E-state index is -2.79. The van der Waals surface area contributed by atoms with Gasteiger partial charge in [0.25, 0.3) is 0 Å². The Morgan fingerprint density at radius 1 is 1.28 bits per heavy atom. The first kappa shape index (κ1) is 11.4. The fraction of sp³-hybridized carbons (Fsp3) is 0.769. The molecule has 1 aromatic rings. The van der Waals surface area contributed by atoms with Crippen molar-refractivity contribution in [1.29, 1.82) is 0 Å². The molecular formula is C13H17NO2S2. The maximum Gasteiger partial charge on any atom is 0.151 e. The number of hydrogen-bond acceptors (Lipinski definition) is 4. The molecule has 98 valence electrons. The zero-order valence-electron chi connectivity index (χ0n) is 10.3. The zero-order valence-corrected chi connectivity index (χ0v) is 11.9. The highest BCUT2D eigenvalue weighted by molar-refractivity contribution is 7.91. The molecule has 1 atom stereocenters. The number of hydrogen-bond donors (Lipinski definition) is 0. The summed E-state index contributed by atoms with van der Waals surface area (Å²) in [6.07, 6.45) is 6.25. The van der Waals surface area contributed by atoms with Crippen molar-refractivity contribution in [1.82, 2.24) is 4.98 Å². The highest BCUT2D eigenvalue weighted by Gasteiger charge is 2.53. The van der Waals surface area contributed by atoms with Gasteiger partial charge >= 0.3 is 0 Å². The molecule has 3 aliphatic rings. The molecule has 1 saturated heterocycles. The highest BCUT2D eigenvalue weighted by Crippen LogP contribution is 2.66. The topological polar surface area (TPSA) is 47.0 Å². The van der Waals surface area contributed by atoms with E-state index in [0.29, 0.717) is 22.8 Å². The summed E-state index contributed by atoms with van der Waals surface area (Å²) in [5.74, 6) is 1.49. The average molecular weight is 283 g/mol. The minimum absolute atomic E-state index is 0.162. The van der Waals surface area contributed by atoms with Crippen molar-refractivity contribution < 1.29 is 8.42 Å². The lowest BCUT2D eigenvalue weighted by Crippen LogP contribution is -2.22. The van der Waals surface area contributed by atoms with Gasteiger partial charge in [-0.2, -0.15) is 0 Å². The van der Waals surface area contributed by atoms with Gasteiger partial charge in [-0.3, -0.25) is 0 Å². The first-order valence-corrected chi connectivity index (χ1v) is 9.41. The van der Waals surface area contributed by atoms with Gasteiger partial charge in [-0.25, -0.2) is 13.4 Å². The second-order valence-electron chi connectivity index (χ2n) is 6.32. The van der Waals surface area contributed by atoms with Crippen LogP contribution in [-0.4, -0.2) is 24.9 Å².